The van der Waals surface area contributed by atoms with Gasteiger partial charge >= 0.3 is 6.17 Å². The Bertz CT molecular complexity index is 932. The van der Waals surface area contributed by atoms with Crippen molar-refractivity contribution in [2.75, 3.05) is 51.3 Å². The van der Waals surface area contributed by atoms with E-state index in [0.717, 1.165) is 42.4 Å². The van der Waals surface area contributed by atoms with Gasteiger partial charge in [-0.3, -0.25) is 14.3 Å². The number of hydroxylamine groups is 3. The van der Waals surface area contributed by atoms with E-state index in [-0.39, 0.29) is 12.2 Å². The smallest absolute Gasteiger partial charge is 0.334 e. The number of Topliss-reactive ketones (excluding diaryl/α,β-unsaturated/α-hetero) is 1. The Morgan fingerprint density at radius 3 is 2.84 bits per heavy atom. The first kappa shape index (κ1) is 20.9. The van der Waals surface area contributed by atoms with Crippen LogP contribution in [0.25, 0.3) is 0 Å². The minimum Gasteiger partial charge on any atom is -0.627 e. The second-order valence-electron chi connectivity index (χ2n) is 8.83. The first-order valence-corrected chi connectivity index (χ1v) is 11.9. The van der Waals surface area contributed by atoms with E-state index in [9.17, 15) is 14.9 Å². The van der Waals surface area contributed by atoms with E-state index in [1.165, 1.54) is 11.8 Å². The molecule has 0 saturated carbocycles. The van der Waals surface area contributed by atoms with Crippen molar-refractivity contribution in [3.05, 3.63) is 45.5 Å². The summed E-state index contributed by atoms with van der Waals surface area (Å²) >= 11 is 1.30. The molecule has 5 rings (SSSR count). The number of para-hydroxylation sites is 2. The van der Waals surface area contributed by atoms with E-state index in [1.807, 2.05) is 18.2 Å². The lowest BCUT2D eigenvalue weighted by Gasteiger charge is -2.57. The lowest BCUT2D eigenvalue weighted by Crippen LogP contribution is -2.73. The number of fused-ring (bicyclic) bond motifs is 1. The van der Waals surface area contributed by atoms with Crippen molar-refractivity contribution in [1.29, 1.82) is 0 Å². The zero-order chi connectivity index (χ0) is 21.6. The molecule has 4 heterocycles. The van der Waals surface area contributed by atoms with Crippen LogP contribution in [-0.2, 0) is 4.79 Å². The maximum atomic E-state index is 14.0. The molecule has 3 saturated heterocycles. The third-order valence-electron chi connectivity index (χ3n) is 7.29. The Morgan fingerprint density at radius 1 is 1.29 bits per heavy atom. The van der Waals surface area contributed by atoms with Gasteiger partial charge in [0, 0.05) is 55.9 Å². The van der Waals surface area contributed by atoms with E-state index in [2.05, 4.69) is 15.9 Å². The van der Waals surface area contributed by atoms with Crippen LogP contribution in [0.4, 0.5) is 5.69 Å². The number of ether oxygens (including phenoxy) is 1. The van der Waals surface area contributed by atoms with Crippen LogP contribution in [-0.4, -0.2) is 77.5 Å². The van der Waals surface area contributed by atoms with Gasteiger partial charge in [0.2, 0.25) is 10.7 Å². The number of piperazine rings is 1. The number of hydrogen-bond acceptors (Lipinski definition) is 7. The maximum absolute atomic E-state index is 14.0. The van der Waals surface area contributed by atoms with Crippen molar-refractivity contribution in [2.45, 2.75) is 36.7 Å². The van der Waals surface area contributed by atoms with E-state index in [4.69, 9.17) is 4.74 Å². The molecule has 0 radical (unpaired) electrons. The van der Waals surface area contributed by atoms with Gasteiger partial charge in [0.15, 0.2) is 0 Å². The van der Waals surface area contributed by atoms with Gasteiger partial charge in [0.25, 0.3) is 5.70 Å². The fraction of sp³-hybridized carbons (Fsp3) is 0.591. The highest BCUT2D eigenvalue weighted by molar-refractivity contribution is 8.04. The molecule has 3 fully saturated rings. The summed E-state index contributed by atoms with van der Waals surface area (Å²) < 4.78 is 5.74. The van der Waals surface area contributed by atoms with E-state index < -0.39 is 15.7 Å². The van der Waals surface area contributed by atoms with Crippen LogP contribution in [0.3, 0.4) is 0 Å². The van der Waals surface area contributed by atoms with E-state index in [1.54, 1.807) is 12.5 Å². The summed E-state index contributed by atoms with van der Waals surface area (Å²) in [6.45, 7) is 4.51. The number of anilines is 1. The van der Waals surface area contributed by atoms with Crippen LogP contribution in [0.5, 0.6) is 5.75 Å². The van der Waals surface area contributed by atoms with Gasteiger partial charge in [-0.15, -0.1) is 0 Å². The van der Waals surface area contributed by atoms with Crippen LogP contribution in [0.2, 0.25) is 0 Å². The number of ketones is 1. The molecule has 0 N–H and O–H groups in total. The molecule has 4 aliphatic heterocycles. The number of quaternary nitrogens is 1. The van der Waals surface area contributed by atoms with Crippen molar-refractivity contribution in [1.82, 2.24) is 4.90 Å². The Balaban J connectivity index is 1.25. The van der Waals surface area contributed by atoms with Crippen LogP contribution >= 0.6 is 11.8 Å². The van der Waals surface area contributed by atoms with Crippen molar-refractivity contribution in [3.63, 3.8) is 0 Å². The minimum absolute atomic E-state index is 0.0218. The quantitative estimate of drug-likeness (QED) is 0.392. The average molecular weight is 446 g/mol. The summed E-state index contributed by atoms with van der Waals surface area (Å²) in [5, 5.41) is 15.8. The van der Waals surface area contributed by atoms with Gasteiger partial charge in [-0.1, -0.05) is 23.9 Å². The molecular formula is C22H29N4O4S+. The maximum Gasteiger partial charge on any atom is 0.334 e. The number of hydrogen-bond donors (Lipinski definition) is 0. The summed E-state index contributed by atoms with van der Waals surface area (Å²) in [7, 11) is 1.69. The summed E-state index contributed by atoms with van der Waals surface area (Å²) in [6, 6.07) is 8.04. The highest BCUT2D eigenvalue weighted by Gasteiger charge is 2.69. The first-order valence-electron chi connectivity index (χ1n) is 11.0. The number of carbonyl (C=O) groups is 1. The minimum atomic E-state index is -1.01. The van der Waals surface area contributed by atoms with Crippen LogP contribution < -0.4 is 9.64 Å². The fourth-order valence-corrected chi connectivity index (χ4v) is 6.93. The average Bonchev–Trinajstić information content (AvgIpc) is 3.22. The highest BCUT2D eigenvalue weighted by atomic mass is 32.2. The van der Waals surface area contributed by atoms with Gasteiger partial charge in [-0.05, 0) is 12.1 Å². The van der Waals surface area contributed by atoms with Gasteiger partial charge in [0.05, 0.1) is 30.5 Å². The van der Waals surface area contributed by atoms with Crippen molar-refractivity contribution < 1.29 is 18.9 Å². The van der Waals surface area contributed by atoms with Crippen molar-refractivity contribution in [2.24, 2.45) is 0 Å². The van der Waals surface area contributed by atoms with Gasteiger partial charge in [-0.2, -0.15) is 0 Å². The Hall–Kier alpha value is -1.94. The summed E-state index contributed by atoms with van der Waals surface area (Å²) in [6.07, 6.45) is 1.06. The number of methoxy groups -OCH3 is 1. The normalized spacial score (nSPS) is 33.3. The summed E-state index contributed by atoms with van der Waals surface area (Å²) in [5.74, 6) is 0.896. The van der Waals surface area contributed by atoms with Crippen molar-refractivity contribution >= 4 is 23.2 Å². The second-order valence-corrected chi connectivity index (χ2v) is 9.98. The lowest BCUT2D eigenvalue weighted by atomic mass is 9.91. The molecule has 0 amide bonds. The van der Waals surface area contributed by atoms with Crippen LogP contribution in [0, 0.1) is 10.1 Å². The molecule has 2 bridgehead atoms. The van der Waals surface area contributed by atoms with E-state index >= 15 is 0 Å². The SMILES string of the molecule is COc1ccccc1N1CCN(CCC2[N+](=O)C3=CSC4(C3)C(=O)CCC[N+]24[O-])CC1. The second kappa shape index (κ2) is 7.88. The van der Waals surface area contributed by atoms with Gasteiger partial charge in [0.1, 0.15) is 12.2 Å². The number of thioether (sulfide) groups is 1. The Morgan fingerprint density at radius 2 is 2.06 bits per heavy atom. The zero-order valence-electron chi connectivity index (χ0n) is 17.9. The molecule has 0 aliphatic carbocycles. The number of rotatable bonds is 5. The number of carbonyl (C=O) groups excluding carboxylic acids is 1. The number of nitroso groups, excluding NO2 is 1. The predicted octanol–water partition coefficient (Wildman–Crippen LogP) is 2.68. The Labute approximate surface area is 186 Å². The molecule has 4 aliphatic rings. The lowest BCUT2D eigenvalue weighted by molar-refractivity contribution is -1.02. The van der Waals surface area contributed by atoms with Gasteiger partial charge < -0.3 is 14.8 Å². The third-order valence-corrected chi connectivity index (χ3v) is 8.75. The van der Waals surface area contributed by atoms with E-state index in [0.29, 0.717) is 38.0 Å². The molecule has 1 aromatic rings. The monoisotopic (exact) mass is 445 g/mol. The highest BCUT2D eigenvalue weighted by Crippen LogP contribution is 2.56. The summed E-state index contributed by atoms with van der Waals surface area (Å²) in [4.78, 5) is 29.4. The molecule has 9 heteroatoms. The molecular weight excluding hydrogens is 416 g/mol. The van der Waals surface area contributed by atoms with Gasteiger partial charge in [-0.25, -0.2) is 0 Å². The molecule has 1 aromatic carbocycles. The molecule has 0 aromatic heterocycles. The standard InChI is InChI=1S/C22H29N4O4S/c1-30-19-6-3-2-5-18(19)24-12-10-23(11-13-24)9-8-21-25(28)17-15-22(31-16-17)20(27)7-4-14-26(21,22)29/h2-3,5-6,16,21H,4,7-15H2,1H3/q+1. The molecule has 31 heavy (non-hydrogen) atoms. The largest absolute Gasteiger partial charge is 0.627 e. The molecule has 166 valence electrons. The zero-order valence-corrected chi connectivity index (χ0v) is 18.7. The predicted molar refractivity (Wildman–Crippen MR) is 119 cm³/mol. The fourth-order valence-electron chi connectivity index (χ4n) is 5.55. The van der Waals surface area contributed by atoms with Crippen LogP contribution in [0.15, 0.2) is 35.4 Å². The number of benzene rings is 1. The molecule has 8 nitrogen and oxygen atoms in total. The Kier molecular flexibility index (Phi) is 5.32. The topological polar surface area (TPSA) is 75.9 Å². The van der Waals surface area contributed by atoms with Crippen LogP contribution in [0.1, 0.15) is 25.7 Å². The number of piperidine rings is 1. The third kappa shape index (κ3) is 3.21. The van der Waals surface area contributed by atoms with Crippen molar-refractivity contribution in [3.8, 4) is 5.75 Å². The molecule has 3 unspecified atom stereocenters. The molecule has 1 spiro atoms. The summed E-state index contributed by atoms with van der Waals surface area (Å²) in [5.41, 5.74) is 1.71. The number of nitrogens with zero attached hydrogens (tertiary/aromatic N) is 4. The first-order chi connectivity index (χ1) is 15.0. The molecule has 3 atom stereocenters.